The monoisotopic (exact) mass is 144 g/mol. The van der Waals surface area contributed by atoms with E-state index in [2.05, 4.69) is 4.74 Å². The van der Waals surface area contributed by atoms with Gasteiger partial charge in [0.25, 0.3) is 0 Å². The third kappa shape index (κ3) is 1.10. The summed E-state index contributed by atoms with van der Waals surface area (Å²) in [6, 6.07) is 0. The van der Waals surface area contributed by atoms with Crippen LogP contribution in [0.1, 0.15) is 13.3 Å². The van der Waals surface area contributed by atoms with Gasteiger partial charge in [0.05, 0.1) is 5.92 Å². The van der Waals surface area contributed by atoms with Crippen LogP contribution in [-0.4, -0.2) is 23.1 Å². The van der Waals surface area contributed by atoms with Gasteiger partial charge in [0.15, 0.2) is 6.10 Å². The maximum atomic E-state index is 10.6. The molecule has 0 spiro atoms. The molecule has 1 heterocycles. The van der Waals surface area contributed by atoms with E-state index in [4.69, 9.17) is 5.11 Å². The number of carboxylic acid groups (broad SMARTS) is 1. The lowest BCUT2D eigenvalue weighted by molar-refractivity contribution is -0.157. The minimum Gasteiger partial charge on any atom is -0.479 e. The van der Waals surface area contributed by atoms with Crippen molar-refractivity contribution in [3.63, 3.8) is 0 Å². The summed E-state index contributed by atoms with van der Waals surface area (Å²) >= 11 is 0. The van der Waals surface area contributed by atoms with Crippen LogP contribution in [0.25, 0.3) is 0 Å². The van der Waals surface area contributed by atoms with Gasteiger partial charge in [0.1, 0.15) is 0 Å². The van der Waals surface area contributed by atoms with Crippen molar-refractivity contribution in [1.82, 2.24) is 0 Å². The fourth-order valence-corrected chi connectivity index (χ4v) is 0.873. The van der Waals surface area contributed by atoms with E-state index in [-0.39, 0.29) is 5.92 Å². The molecule has 0 amide bonds. The maximum absolute atomic E-state index is 10.6. The van der Waals surface area contributed by atoms with Gasteiger partial charge in [0, 0.05) is 6.42 Å². The second-order valence-corrected chi connectivity index (χ2v) is 2.40. The van der Waals surface area contributed by atoms with Crippen LogP contribution < -0.4 is 0 Å². The van der Waals surface area contributed by atoms with Gasteiger partial charge in [-0.25, -0.2) is 4.79 Å². The van der Waals surface area contributed by atoms with Crippen LogP contribution >= 0.6 is 0 Å². The minimum absolute atomic E-state index is 0.263. The molecule has 1 rings (SSSR count). The van der Waals surface area contributed by atoms with Crippen LogP contribution in [0.4, 0.5) is 0 Å². The number of cyclic esters (lactones) is 1. The van der Waals surface area contributed by atoms with Crippen molar-refractivity contribution in [1.29, 1.82) is 0 Å². The summed E-state index contributed by atoms with van der Waals surface area (Å²) in [7, 11) is 0. The third-order valence-electron chi connectivity index (χ3n) is 1.50. The Balaban J connectivity index is 2.57. The standard InChI is InChI=1S/C6H8O4/c1-3-2-4(5(7)8)10-6(3)9/h3-4H,2H2,1H3,(H,7,8). The SMILES string of the molecule is CC1CC(C(=O)O)OC1=O. The fourth-order valence-electron chi connectivity index (χ4n) is 0.873. The summed E-state index contributed by atoms with van der Waals surface area (Å²) in [5.41, 5.74) is 0. The van der Waals surface area contributed by atoms with Crippen LogP contribution in [0.15, 0.2) is 0 Å². The molecule has 0 saturated carbocycles. The Morgan fingerprint density at radius 2 is 2.40 bits per heavy atom. The van der Waals surface area contributed by atoms with Crippen molar-refractivity contribution >= 4 is 11.9 Å². The summed E-state index contributed by atoms with van der Waals surface area (Å²) < 4.78 is 4.50. The molecule has 2 atom stereocenters. The van der Waals surface area contributed by atoms with Gasteiger partial charge >= 0.3 is 11.9 Å². The van der Waals surface area contributed by atoms with Crippen LogP contribution in [0.5, 0.6) is 0 Å². The number of hydrogen-bond donors (Lipinski definition) is 1. The Bertz CT molecular complexity index is 175. The number of carbonyl (C=O) groups is 2. The van der Waals surface area contributed by atoms with Crippen molar-refractivity contribution in [2.75, 3.05) is 0 Å². The lowest BCUT2D eigenvalue weighted by atomic mass is 10.1. The fraction of sp³-hybridized carbons (Fsp3) is 0.667. The Morgan fingerprint density at radius 3 is 2.60 bits per heavy atom. The zero-order valence-corrected chi connectivity index (χ0v) is 5.53. The van der Waals surface area contributed by atoms with Crippen LogP contribution in [0.3, 0.4) is 0 Å². The number of carboxylic acids is 1. The van der Waals surface area contributed by atoms with Gasteiger partial charge in [-0.15, -0.1) is 0 Å². The van der Waals surface area contributed by atoms with E-state index in [1.165, 1.54) is 0 Å². The highest BCUT2D eigenvalue weighted by molar-refractivity contribution is 5.82. The molecule has 1 aliphatic heterocycles. The zero-order valence-electron chi connectivity index (χ0n) is 5.53. The zero-order chi connectivity index (χ0) is 7.72. The van der Waals surface area contributed by atoms with Crippen LogP contribution in [0, 0.1) is 5.92 Å². The summed E-state index contributed by atoms with van der Waals surface area (Å²) in [5, 5.41) is 8.37. The molecule has 0 radical (unpaired) electrons. The lowest BCUT2D eigenvalue weighted by Crippen LogP contribution is -2.18. The Hall–Kier alpha value is -1.06. The first kappa shape index (κ1) is 7.05. The topological polar surface area (TPSA) is 63.6 Å². The number of rotatable bonds is 1. The molecule has 0 aromatic rings. The third-order valence-corrected chi connectivity index (χ3v) is 1.50. The number of carbonyl (C=O) groups excluding carboxylic acids is 1. The highest BCUT2D eigenvalue weighted by atomic mass is 16.6. The van der Waals surface area contributed by atoms with E-state index in [0.29, 0.717) is 6.42 Å². The summed E-state index contributed by atoms with van der Waals surface area (Å²) in [6.07, 6.45) is -0.615. The van der Waals surface area contributed by atoms with E-state index in [9.17, 15) is 9.59 Å². The minimum atomic E-state index is -1.06. The van der Waals surface area contributed by atoms with Gasteiger partial charge in [-0.2, -0.15) is 0 Å². The maximum Gasteiger partial charge on any atom is 0.345 e. The molecule has 2 unspecified atom stereocenters. The van der Waals surface area contributed by atoms with Gasteiger partial charge in [-0.3, -0.25) is 4.79 Å². The quantitative estimate of drug-likeness (QED) is 0.527. The molecule has 4 nitrogen and oxygen atoms in total. The average Bonchev–Trinajstić information content (AvgIpc) is 2.13. The first-order valence-electron chi connectivity index (χ1n) is 3.04. The molecule has 1 N–H and O–H groups in total. The number of aliphatic carboxylic acids is 1. The number of ether oxygens (including phenoxy) is 1. The second kappa shape index (κ2) is 2.28. The highest BCUT2D eigenvalue weighted by Gasteiger charge is 2.35. The molecule has 0 aromatic carbocycles. The summed E-state index contributed by atoms with van der Waals surface area (Å²) in [5.74, 6) is -1.73. The van der Waals surface area contributed by atoms with Crippen LogP contribution in [-0.2, 0) is 14.3 Å². The Kier molecular flexibility index (Phi) is 1.61. The van der Waals surface area contributed by atoms with Gasteiger partial charge in [0.2, 0.25) is 0 Å². The second-order valence-electron chi connectivity index (χ2n) is 2.40. The molecule has 0 aliphatic carbocycles. The first-order chi connectivity index (χ1) is 4.61. The highest BCUT2D eigenvalue weighted by Crippen LogP contribution is 2.19. The smallest absolute Gasteiger partial charge is 0.345 e. The first-order valence-corrected chi connectivity index (χ1v) is 3.04. The molecular weight excluding hydrogens is 136 g/mol. The van der Waals surface area contributed by atoms with Gasteiger partial charge in [-0.1, -0.05) is 6.92 Å². The van der Waals surface area contributed by atoms with Gasteiger partial charge < -0.3 is 9.84 Å². The molecule has 56 valence electrons. The molecule has 1 saturated heterocycles. The molecule has 4 heteroatoms. The largest absolute Gasteiger partial charge is 0.479 e. The molecule has 1 fully saturated rings. The van der Waals surface area contributed by atoms with Crippen molar-refractivity contribution < 1.29 is 19.4 Å². The van der Waals surface area contributed by atoms with Crippen molar-refractivity contribution in [2.45, 2.75) is 19.4 Å². The molecule has 0 aromatic heterocycles. The van der Waals surface area contributed by atoms with E-state index < -0.39 is 18.0 Å². The molecule has 1 aliphatic rings. The van der Waals surface area contributed by atoms with Crippen molar-refractivity contribution in [3.8, 4) is 0 Å². The van der Waals surface area contributed by atoms with E-state index in [1.54, 1.807) is 6.92 Å². The summed E-state index contributed by atoms with van der Waals surface area (Å²) in [6.45, 7) is 1.66. The Morgan fingerprint density at radius 1 is 1.80 bits per heavy atom. The normalized spacial score (nSPS) is 31.9. The average molecular weight is 144 g/mol. The van der Waals surface area contributed by atoms with E-state index in [1.807, 2.05) is 0 Å². The Labute approximate surface area is 57.8 Å². The van der Waals surface area contributed by atoms with Gasteiger partial charge in [-0.05, 0) is 0 Å². The van der Waals surface area contributed by atoms with Crippen molar-refractivity contribution in [2.24, 2.45) is 5.92 Å². The van der Waals surface area contributed by atoms with Crippen LogP contribution in [0.2, 0.25) is 0 Å². The predicted octanol–water partition coefficient (Wildman–Crippen LogP) is 0.0226. The molecule has 0 bridgehead atoms. The van der Waals surface area contributed by atoms with Crippen molar-refractivity contribution in [3.05, 3.63) is 0 Å². The van der Waals surface area contributed by atoms with E-state index in [0.717, 1.165) is 0 Å². The molecular formula is C6H8O4. The number of esters is 1. The molecule has 10 heavy (non-hydrogen) atoms. The number of hydrogen-bond acceptors (Lipinski definition) is 3. The van der Waals surface area contributed by atoms with E-state index >= 15 is 0 Å². The lowest BCUT2D eigenvalue weighted by Gasteiger charge is -1.99. The predicted molar refractivity (Wildman–Crippen MR) is 31.3 cm³/mol. The summed E-state index contributed by atoms with van der Waals surface area (Å²) in [4.78, 5) is 20.8.